The molecule has 2 aliphatic rings. The second kappa shape index (κ2) is 3.69. The van der Waals surface area contributed by atoms with E-state index in [1.54, 1.807) is 0 Å². The van der Waals surface area contributed by atoms with Crippen LogP contribution in [0.25, 0.3) is 0 Å². The molecule has 1 N–H and O–H groups in total. The van der Waals surface area contributed by atoms with Crippen molar-refractivity contribution in [3.8, 4) is 0 Å². The van der Waals surface area contributed by atoms with Crippen molar-refractivity contribution in [1.82, 2.24) is 0 Å². The molecule has 0 bridgehead atoms. The largest absolute Gasteiger partial charge is 0.344 e. The van der Waals surface area contributed by atoms with Crippen LogP contribution in [0.2, 0.25) is 0 Å². The van der Waals surface area contributed by atoms with Gasteiger partial charge in [-0.3, -0.25) is 4.99 Å². The number of nitrogens with zero attached hydrogens (tertiary/aromatic N) is 1. The highest BCUT2D eigenvalue weighted by molar-refractivity contribution is 5.96. The van der Waals surface area contributed by atoms with Crippen LogP contribution in [0.3, 0.4) is 0 Å². The number of aliphatic imine (C=N–C) groups is 1. The summed E-state index contributed by atoms with van der Waals surface area (Å²) in [5, 5.41) is 3.42. The Hall–Kier alpha value is -1.31. The van der Waals surface area contributed by atoms with Crippen LogP contribution in [0.4, 0.5) is 5.69 Å². The molecule has 0 aromatic heterocycles. The lowest BCUT2D eigenvalue weighted by Gasteiger charge is -2.07. The topological polar surface area (TPSA) is 24.4 Å². The van der Waals surface area contributed by atoms with Gasteiger partial charge in [0.25, 0.3) is 0 Å². The van der Waals surface area contributed by atoms with Gasteiger partial charge in [-0.1, -0.05) is 6.07 Å². The van der Waals surface area contributed by atoms with E-state index in [0.717, 1.165) is 18.8 Å². The first kappa shape index (κ1) is 8.96. The zero-order valence-electron chi connectivity index (χ0n) is 8.92. The summed E-state index contributed by atoms with van der Waals surface area (Å²) in [5.74, 6) is 1.16. The van der Waals surface area contributed by atoms with Crippen LogP contribution in [0.15, 0.2) is 23.2 Å². The lowest BCUT2D eigenvalue weighted by atomic mass is 10.1. The highest BCUT2D eigenvalue weighted by Gasteiger charge is 2.12. The second-order valence-electron chi connectivity index (χ2n) is 4.39. The number of aryl methyl sites for hydroxylation is 2. The summed E-state index contributed by atoms with van der Waals surface area (Å²) in [6, 6.07) is 6.74. The van der Waals surface area contributed by atoms with Crippen molar-refractivity contribution in [3.63, 3.8) is 0 Å². The molecule has 0 radical (unpaired) electrons. The number of anilines is 1. The molecule has 3 rings (SSSR count). The first-order valence-electron chi connectivity index (χ1n) is 5.84. The second-order valence-corrected chi connectivity index (χ2v) is 4.39. The standard InChI is InChI=1S/C13H16N2/c1-3-10-6-7-12(9-11(10)4-1)15-13-5-2-8-14-13/h6-7,9H,1-5,8H2,(H,14,15). The highest BCUT2D eigenvalue weighted by atomic mass is 15.0. The first-order valence-corrected chi connectivity index (χ1v) is 5.84. The molecule has 1 aliphatic heterocycles. The van der Waals surface area contributed by atoms with Crippen molar-refractivity contribution in [1.29, 1.82) is 0 Å². The van der Waals surface area contributed by atoms with E-state index in [2.05, 4.69) is 28.5 Å². The fourth-order valence-corrected chi connectivity index (χ4v) is 2.46. The molecule has 1 aliphatic carbocycles. The molecular weight excluding hydrogens is 184 g/mol. The molecule has 2 nitrogen and oxygen atoms in total. The number of nitrogens with one attached hydrogen (secondary N) is 1. The van der Waals surface area contributed by atoms with Gasteiger partial charge in [0, 0.05) is 18.7 Å². The summed E-state index contributed by atoms with van der Waals surface area (Å²) in [6.45, 7) is 0.993. The van der Waals surface area contributed by atoms with Gasteiger partial charge in [-0.05, 0) is 48.9 Å². The summed E-state index contributed by atoms with van der Waals surface area (Å²) < 4.78 is 0. The third-order valence-corrected chi connectivity index (χ3v) is 3.26. The number of benzene rings is 1. The molecule has 1 aromatic rings. The molecule has 78 valence electrons. The van der Waals surface area contributed by atoms with Crippen LogP contribution < -0.4 is 5.32 Å². The molecule has 0 saturated heterocycles. The van der Waals surface area contributed by atoms with Gasteiger partial charge < -0.3 is 5.32 Å². The fraction of sp³-hybridized carbons (Fsp3) is 0.462. The molecule has 0 amide bonds. The van der Waals surface area contributed by atoms with E-state index in [0.29, 0.717) is 0 Å². The van der Waals surface area contributed by atoms with E-state index in [1.807, 2.05) is 0 Å². The first-order chi connectivity index (χ1) is 7.42. The van der Waals surface area contributed by atoms with E-state index in [-0.39, 0.29) is 0 Å². The lowest BCUT2D eigenvalue weighted by molar-refractivity contribution is 0.912. The van der Waals surface area contributed by atoms with Crippen LogP contribution in [0.1, 0.15) is 30.4 Å². The van der Waals surface area contributed by atoms with Crippen molar-refractivity contribution in [2.45, 2.75) is 32.1 Å². The van der Waals surface area contributed by atoms with E-state index in [9.17, 15) is 0 Å². The predicted octanol–water partition coefficient (Wildman–Crippen LogP) is 2.78. The quantitative estimate of drug-likeness (QED) is 0.740. The molecule has 2 heteroatoms. The van der Waals surface area contributed by atoms with Gasteiger partial charge in [0.1, 0.15) is 5.84 Å². The van der Waals surface area contributed by atoms with Crippen LogP contribution in [-0.2, 0) is 12.8 Å². The molecular formula is C13H16N2. The van der Waals surface area contributed by atoms with Gasteiger partial charge in [0.15, 0.2) is 0 Å². The minimum Gasteiger partial charge on any atom is -0.344 e. The summed E-state index contributed by atoms with van der Waals surface area (Å²) in [7, 11) is 0. The smallest absolute Gasteiger partial charge is 0.101 e. The maximum Gasteiger partial charge on any atom is 0.101 e. The minimum absolute atomic E-state index is 0.993. The van der Waals surface area contributed by atoms with Gasteiger partial charge in [0.05, 0.1) is 0 Å². The van der Waals surface area contributed by atoms with Gasteiger partial charge in [-0.25, -0.2) is 0 Å². The van der Waals surface area contributed by atoms with Gasteiger partial charge in [0.2, 0.25) is 0 Å². The Morgan fingerprint density at radius 3 is 2.80 bits per heavy atom. The van der Waals surface area contributed by atoms with E-state index in [4.69, 9.17) is 0 Å². The lowest BCUT2D eigenvalue weighted by Crippen LogP contribution is -2.08. The molecule has 15 heavy (non-hydrogen) atoms. The van der Waals surface area contributed by atoms with Crippen molar-refractivity contribution in [3.05, 3.63) is 29.3 Å². The number of hydrogen-bond donors (Lipinski definition) is 1. The average Bonchev–Trinajstić information content (AvgIpc) is 2.87. The minimum atomic E-state index is 0.993. The summed E-state index contributed by atoms with van der Waals surface area (Å²) in [5.41, 5.74) is 4.28. The summed E-state index contributed by atoms with van der Waals surface area (Å²) >= 11 is 0. The van der Waals surface area contributed by atoms with Gasteiger partial charge in [-0.15, -0.1) is 0 Å². The Bertz CT molecular complexity index is 407. The Morgan fingerprint density at radius 2 is 1.93 bits per heavy atom. The molecule has 0 saturated carbocycles. The van der Waals surface area contributed by atoms with Crippen LogP contribution in [-0.4, -0.2) is 12.4 Å². The molecule has 0 atom stereocenters. The van der Waals surface area contributed by atoms with E-state index >= 15 is 0 Å². The highest BCUT2D eigenvalue weighted by Crippen LogP contribution is 2.25. The van der Waals surface area contributed by atoms with Crippen LogP contribution in [0, 0.1) is 0 Å². The molecule has 0 unspecified atom stereocenters. The average molecular weight is 200 g/mol. The Morgan fingerprint density at radius 1 is 1.00 bits per heavy atom. The molecule has 0 fully saturated rings. The normalized spacial score (nSPS) is 18.8. The van der Waals surface area contributed by atoms with Crippen molar-refractivity contribution in [2.24, 2.45) is 4.99 Å². The van der Waals surface area contributed by atoms with Crippen molar-refractivity contribution >= 4 is 11.5 Å². The van der Waals surface area contributed by atoms with Crippen molar-refractivity contribution in [2.75, 3.05) is 11.9 Å². The number of rotatable bonds is 1. The number of hydrogen-bond acceptors (Lipinski definition) is 2. The number of fused-ring (bicyclic) bond motifs is 1. The summed E-state index contributed by atoms with van der Waals surface area (Å²) in [4.78, 5) is 4.43. The zero-order valence-corrected chi connectivity index (χ0v) is 8.92. The van der Waals surface area contributed by atoms with Crippen LogP contribution >= 0.6 is 0 Å². The van der Waals surface area contributed by atoms with E-state index in [1.165, 1.54) is 42.5 Å². The third kappa shape index (κ3) is 1.76. The van der Waals surface area contributed by atoms with E-state index < -0.39 is 0 Å². The fourth-order valence-electron chi connectivity index (χ4n) is 2.46. The van der Waals surface area contributed by atoms with Gasteiger partial charge in [-0.2, -0.15) is 0 Å². The third-order valence-electron chi connectivity index (χ3n) is 3.26. The van der Waals surface area contributed by atoms with Gasteiger partial charge >= 0.3 is 0 Å². The SMILES string of the molecule is c1cc2c(cc1NC1=NCCC1)CCC2. The molecule has 1 aromatic carbocycles. The maximum absolute atomic E-state index is 4.43. The molecule has 1 heterocycles. The molecule has 0 spiro atoms. The summed E-state index contributed by atoms with van der Waals surface area (Å²) in [6.07, 6.45) is 6.14. The van der Waals surface area contributed by atoms with Crippen LogP contribution in [0.5, 0.6) is 0 Å². The predicted molar refractivity (Wildman–Crippen MR) is 63.6 cm³/mol. The Kier molecular flexibility index (Phi) is 2.20. The van der Waals surface area contributed by atoms with Crippen molar-refractivity contribution < 1.29 is 0 Å². The number of amidine groups is 1. The Labute approximate surface area is 90.4 Å². The maximum atomic E-state index is 4.43. The zero-order chi connectivity index (χ0) is 10.1. The Balaban J connectivity index is 1.80. The monoisotopic (exact) mass is 200 g/mol.